The van der Waals surface area contributed by atoms with Gasteiger partial charge in [-0.2, -0.15) is 0 Å². The number of carbonyl (C=O) groups excluding carboxylic acids is 1. The molecular weight excluding hydrogens is 342 g/mol. The Kier molecular flexibility index (Phi) is 5.69. The summed E-state index contributed by atoms with van der Waals surface area (Å²) in [5, 5.41) is 0. The van der Waals surface area contributed by atoms with Crippen molar-refractivity contribution in [3.05, 3.63) is 58.7 Å². The van der Waals surface area contributed by atoms with E-state index in [9.17, 15) is 4.79 Å². The molecular formula is C22H25NO4. The molecule has 1 heterocycles. The van der Waals surface area contributed by atoms with E-state index in [4.69, 9.17) is 14.2 Å². The number of amides is 1. The normalized spacial score (nSPS) is 13.4. The summed E-state index contributed by atoms with van der Waals surface area (Å²) in [5.41, 5.74) is 4.31. The lowest BCUT2D eigenvalue weighted by molar-refractivity contribution is -0.126. The third-order valence-corrected chi connectivity index (χ3v) is 4.82. The number of hydrogen-bond acceptors (Lipinski definition) is 4. The van der Waals surface area contributed by atoms with Gasteiger partial charge in [0.1, 0.15) is 5.75 Å². The molecule has 1 aliphatic rings. The van der Waals surface area contributed by atoms with E-state index in [0.717, 1.165) is 34.6 Å². The van der Waals surface area contributed by atoms with Crippen LogP contribution in [0.5, 0.6) is 17.2 Å². The zero-order valence-corrected chi connectivity index (χ0v) is 16.2. The number of methoxy groups -OCH3 is 3. The van der Waals surface area contributed by atoms with E-state index < -0.39 is 0 Å². The highest BCUT2D eigenvalue weighted by Crippen LogP contribution is 2.33. The molecule has 2 aromatic carbocycles. The number of fused-ring (bicyclic) bond motifs is 1. The van der Waals surface area contributed by atoms with E-state index in [-0.39, 0.29) is 5.91 Å². The maximum atomic E-state index is 12.7. The lowest BCUT2D eigenvalue weighted by Gasteiger charge is -2.28. The molecule has 0 N–H and O–H groups in total. The average Bonchev–Trinajstić information content (AvgIpc) is 2.70. The molecule has 1 amide bonds. The third kappa shape index (κ3) is 4.08. The Labute approximate surface area is 160 Å². The van der Waals surface area contributed by atoms with Crippen LogP contribution in [0.1, 0.15) is 22.3 Å². The van der Waals surface area contributed by atoms with Crippen LogP contribution in [0.3, 0.4) is 0 Å². The van der Waals surface area contributed by atoms with Crippen LogP contribution in [-0.2, 0) is 17.8 Å². The quantitative estimate of drug-likeness (QED) is 0.758. The predicted octanol–water partition coefficient (Wildman–Crippen LogP) is 3.62. The fourth-order valence-corrected chi connectivity index (χ4v) is 3.32. The van der Waals surface area contributed by atoms with Crippen LogP contribution in [0.4, 0.5) is 0 Å². The molecule has 0 aliphatic carbocycles. The van der Waals surface area contributed by atoms with E-state index in [1.165, 1.54) is 5.56 Å². The van der Waals surface area contributed by atoms with Crippen LogP contribution in [0, 0.1) is 6.92 Å². The number of benzene rings is 2. The second-order valence-electron chi connectivity index (χ2n) is 6.56. The zero-order valence-electron chi connectivity index (χ0n) is 16.2. The monoisotopic (exact) mass is 367 g/mol. The number of carbonyl (C=O) groups is 1. The molecule has 0 fully saturated rings. The Bertz CT molecular complexity index is 873. The van der Waals surface area contributed by atoms with Crippen molar-refractivity contribution in [2.24, 2.45) is 0 Å². The SMILES string of the molecule is COc1ccc(C)cc1/C=C/C(=O)N1CCc2cc(OC)c(OC)cc2C1. The summed E-state index contributed by atoms with van der Waals surface area (Å²) in [6.45, 7) is 3.25. The van der Waals surface area contributed by atoms with Crippen LogP contribution in [-0.4, -0.2) is 38.7 Å². The van der Waals surface area contributed by atoms with E-state index in [1.54, 1.807) is 27.4 Å². The first-order valence-electron chi connectivity index (χ1n) is 8.91. The Balaban J connectivity index is 1.77. The summed E-state index contributed by atoms with van der Waals surface area (Å²) in [7, 11) is 4.88. The van der Waals surface area contributed by atoms with Gasteiger partial charge in [0.15, 0.2) is 11.5 Å². The summed E-state index contributed by atoms with van der Waals surface area (Å²) < 4.78 is 16.1. The van der Waals surface area contributed by atoms with Gasteiger partial charge in [0, 0.05) is 24.7 Å². The van der Waals surface area contributed by atoms with Crippen molar-refractivity contribution in [2.45, 2.75) is 19.9 Å². The minimum Gasteiger partial charge on any atom is -0.496 e. The zero-order chi connectivity index (χ0) is 19.4. The maximum Gasteiger partial charge on any atom is 0.246 e. The van der Waals surface area contributed by atoms with Gasteiger partial charge in [-0.1, -0.05) is 11.6 Å². The van der Waals surface area contributed by atoms with Gasteiger partial charge in [-0.25, -0.2) is 0 Å². The van der Waals surface area contributed by atoms with E-state index in [0.29, 0.717) is 18.8 Å². The van der Waals surface area contributed by atoms with Crippen molar-refractivity contribution in [3.63, 3.8) is 0 Å². The van der Waals surface area contributed by atoms with Crippen LogP contribution < -0.4 is 14.2 Å². The molecule has 5 nitrogen and oxygen atoms in total. The largest absolute Gasteiger partial charge is 0.496 e. The summed E-state index contributed by atoms with van der Waals surface area (Å²) >= 11 is 0. The fourth-order valence-electron chi connectivity index (χ4n) is 3.32. The van der Waals surface area contributed by atoms with Crippen molar-refractivity contribution in [3.8, 4) is 17.2 Å². The van der Waals surface area contributed by atoms with Crippen LogP contribution in [0.2, 0.25) is 0 Å². The summed E-state index contributed by atoms with van der Waals surface area (Å²) in [6, 6.07) is 9.87. The highest BCUT2D eigenvalue weighted by Gasteiger charge is 2.21. The van der Waals surface area contributed by atoms with Gasteiger partial charge in [0.05, 0.1) is 21.3 Å². The minimum atomic E-state index is -0.0148. The second-order valence-corrected chi connectivity index (χ2v) is 6.56. The van der Waals surface area contributed by atoms with Gasteiger partial charge in [-0.15, -0.1) is 0 Å². The average molecular weight is 367 g/mol. The molecule has 0 spiro atoms. The molecule has 0 saturated heterocycles. The number of aryl methyl sites for hydroxylation is 1. The molecule has 0 radical (unpaired) electrons. The summed E-state index contributed by atoms with van der Waals surface area (Å²) in [4.78, 5) is 14.5. The summed E-state index contributed by atoms with van der Waals surface area (Å²) in [6.07, 6.45) is 4.23. The third-order valence-electron chi connectivity index (χ3n) is 4.82. The van der Waals surface area contributed by atoms with Crippen molar-refractivity contribution >= 4 is 12.0 Å². The van der Waals surface area contributed by atoms with Crippen LogP contribution >= 0.6 is 0 Å². The first-order chi connectivity index (χ1) is 13.0. The van der Waals surface area contributed by atoms with Crippen molar-refractivity contribution in [2.75, 3.05) is 27.9 Å². The molecule has 142 valence electrons. The molecule has 1 aliphatic heterocycles. The Hall–Kier alpha value is -2.95. The van der Waals surface area contributed by atoms with Gasteiger partial charge in [-0.05, 0) is 54.8 Å². The Morgan fingerprint density at radius 2 is 1.63 bits per heavy atom. The number of ether oxygens (including phenoxy) is 3. The molecule has 0 saturated carbocycles. The standard InChI is InChI=1S/C22H25NO4/c1-15-5-7-19(25-2)17(11-15)6-8-22(24)23-10-9-16-12-20(26-3)21(27-4)13-18(16)14-23/h5-8,11-13H,9-10,14H2,1-4H3/b8-6+. The number of rotatable bonds is 5. The molecule has 0 bridgehead atoms. The Morgan fingerprint density at radius 1 is 0.963 bits per heavy atom. The van der Waals surface area contributed by atoms with Gasteiger partial charge >= 0.3 is 0 Å². The van der Waals surface area contributed by atoms with Crippen molar-refractivity contribution in [1.82, 2.24) is 4.90 Å². The lowest BCUT2D eigenvalue weighted by atomic mass is 9.98. The smallest absolute Gasteiger partial charge is 0.246 e. The molecule has 5 heteroatoms. The maximum absolute atomic E-state index is 12.7. The van der Waals surface area contributed by atoms with E-state index in [2.05, 4.69) is 0 Å². The van der Waals surface area contributed by atoms with Gasteiger partial charge < -0.3 is 19.1 Å². The first kappa shape index (κ1) is 18.8. The number of nitrogens with zero attached hydrogens (tertiary/aromatic N) is 1. The van der Waals surface area contributed by atoms with Gasteiger partial charge in [0.25, 0.3) is 0 Å². The van der Waals surface area contributed by atoms with Crippen molar-refractivity contribution in [1.29, 1.82) is 0 Å². The van der Waals surface area contributed by atoms with Crippen molar-refractivity contribution < 1.29 is 19.0 Å². The van der Waals surface area contributed by atoms with Crippen LogP contribution in [0.15, 0.2) is 36.4 Å². The molecule has 0 aromatic heterocycles. The topological polar surface area (TPSA) is 48.0 Å². The molecule has 0 atom stereocenters. The molecule has 0 unspecified atom stereocenters. The molecule has 2 aromatic rings. The Morgan fingerprint density at radius 3 is 2.30 bits per heavy atom. The van der Waals surface area contributed by atoms with Crippen LogP contribution in [0.25, 0.3) is 6.08 Å². The lowest BCUT2D eigenvalue weighted by Crippen LogP contribution is -2.34. The second kappa shape index (κ2) is 8.16. The van der Waals surface area contributed by atoms with E-state index in [1.807, 2.05) is 48.2 Å². The predicted molar refractivity (Wildman–Crippen MR) is 105 cm³/mol. The van der Waals surface area contributed by atoms with Gasteiger partial charge in [-0.3, -0.25) is 4.79 Å². The molecule has 27 heavy (non-hydrogen) atoms. The highest BCUT2D eigenvalue weighted by atomic mass is 16.5. The molecule has 3 rings (SSSR count). The minimum absolute atomic E-state index is 0.0148. The van der Waals surface area contributed by atoms with E-state index >= 15 is 0 Å². The highest BCUT2D eigenvalue weighted by molar-refractivity contribution is 5.92. The fraction of sp³-hybridized carbons (Fsp3) is 0.318. The number of hydrogen-bond donors (Lipinski definition) is 0. The van der Waals surface area contributed by atoms with Gasteiger partial charge in [0.2, 0.25) is 5.91 Å². The summed E-state index contributed by atoms with van der Waals surface area (Å²) in [5.74, 6) is 2.15. The first-order valence-corrected chi connectivity index (χ1v) is 8.91.